The van der Waals surface area contributed by atoms with Crippen LogP contribution in [0.25, 0.3) is 0 Å². The third-order valence-corrected chi connectivity index (χ3v) is 5.47. The normalized spacial score (nSPS) is 11.5. The van der Waals surface area contributed by atoms with Crippen LogP contribution in [0.15, 0.2) is 48.5 Å². The summed E-state index contributed by atoms with van der Waals surface area (Å²) in [6.07, 6.45) is 2.17. The van der Waals surface area contributed by atoms with Gasteiger partial charge in [-0.25, -0.2) is 0 Å². The summed E-state index contributed by atoms with van der Waals surface area (Å²) in [6, 6.07) is 14.2. The minimum absolute atomic E-state index is 0.0956. The molecule has 7 heteroatoms. The molecule has 1 atom stereocenters. The van der Waals surface area contributed by atoms with Crippen molar-refractivity contribution in [2.75, 3.05) is 20.3 Å². The predicted molar refractivity (Wildman–Crippen MR) is 127 cm³/mol. The molecule has 0 aromatic heterocycles. The van der Waals surface area contributed by atoms with Crippen LogP contribution in [0.4, 0.5) is 0 Å². The molecule has 0 spiro atoms. The van der Waals surface area contributed by atoms with E-state index in [1.54, 1.807) is 18.1 Å². The van der Waals surface area contributed by atoms with Gasteiger partial charge in [0.25, 0.3) is 0 Å². The number of nitrogens with one attached hydrogen (secondary N) is 1. The van der Waals surface area contributed by atoms with E-state index in [4.69, 9.17) is 21.1 Å². The zero-order valence-electron chi connectivity index (χ0n) is 19.1. The molecule has 0 fully saturated rings. The van der Waals surface area contributed by atoms with Gasteiger partial charge in [0.15, 0.2) is 0 Å². The molecule has 1 N–H and O–H groups in total. The Morgan fingerprint density at radius 3 is 2.38 bits per heavy atom. The van der Waals surface area contributed by atoms with Crippen molar-refractivity contribution in [2.24, 2.45) is 0 Å². The second kappa shape index (κ2) is 13.6. The van der Waals surface area contributed by atoms with Gasteiger partial charge in [0.05, 0.1) is 13.7 Å². The first kappa shape index (κ1) is 25.5. The summed E-state index contributed by atoms with van der Waals surface area (Å²) in [4.78, 5) is 27.6. The summed E-state index contributed by atoms with van der Waals surface area (Å²) < 4.78 is 10.9. The van der Waals surface area contributed by atoms with Crippen LogP contribution in [0.2, 0.25) is 5.02 Å². The molecule has 2 aromatic carbocycles. The first-order valence-corrected chi connectivity index (χ1v) is 11.4. The standard InChI is InChI=1S/C25H33ClN2O4/c1-4-16-27-25(30)23(5-2)28(18-19-9-6-7-10-22(19)26)24(29)11-8-17-32-21-14-12-20(31-3)13-15-21/h6-7,9-10,12-15,23H,4-5,8,11,16-18H2,1-3H3,(H,27,30)/t23-/m0/s1. The highest BCUT2D eigenvalue weighted by atomic mass is 35.5. The lowest BCUT2D eigenvalue weighted by molar-refractivity contribution is -0.141. The van der Waals surface area contributed by atoms with E-state index in [1.807, 2.05) is 56.3 Å². The average molecular weight is 461 g/mol. The third kappa shape index (κ3) is 7.75. The smallest absolute Gasteiger partial charge is 0.242 e. The molecule has 0 saturated carbocycles. The van der Waals surface area contributed by atoms with Crippen molar-refractivity contribution in [3.63, 3.8) is 0 Å². The maximum atomic E-state index is 13.2. The molecule has 0 bridgehead atoms. The molecule has 6 nitrogen and oxygen atoms in total. The molecule has 0 saturated heterocycles. The van der Waals surface area contributed by atoms with E-state index in [0.29, 0.717) is 31.0 Å². The SMILES string of the molecule is CCCNC(=O)[C@H](CC)N(Cc1ccccc1Cl)C(=O)CCCOc1ccc(OC)cc1. The molecule has 0 aliphatic rings. The minimum Gasteiger partial charge on any atom is -0.497 e. The van der Waals surface area contributed by atoms with Gasteiger partial charge in [-0.3, -0.25) is 9.59 Å². The van der Waals surface area contributed by atoms with Gasteiger partial charge in [-0.1, -0.05) is 43.6 Å². The minimum atomic E-state index is -0.548. The second-order valence-electron chi connectivity index (χ2n) is 7.46. The number of amides is 2. The van der Waals surface area contributed by atoms with Crippen LogP contribution in [-0.2, 0) is 16.1 Å². The van der Waals surface area contributed by atoms with E-state index in [0.717, 1.165) is 23.5 Å². The molecule has 32 heavy (non-hydrogen) atoms. The Morgan fingerprint density at radius 2 is 1.75 bits per heavy atom. The monoisotopic (exact) mass is 460 g/mol. The summed E-state index contributed by atoms with van der Waals surface area (Å²) in [5, 5.41) is 3.50. The van der Waals surface area contributed by atoms with Crippen LogP contribution in [0.1, 0.15) is 45.1 Å². The van der Waals surface area contributed by atoms with Crippen molar-refractivity contribution in [2.45, 2.75) is 52.1 Å². The largest absolute Gasteiger partial charge is 0.497 e. The van der Waals surface area contributed by atoms with E-state index in [9.17, 15) is 9.59 Å². The number of hydrogen-bond donors (Lipinski definition) is 1. The maximum absolute atomic E-state index is 13.2. The predicted octanol–water partition coefficient (Wildman–Crippen LogP) is 4.84. The number of halogens is 1. The van der Waals surface area contributed by atoms with Crippen molar-refractivity contribution < 1.29 is 19.1 Å². The number of carbonyl (C=O) groups excluding carboxylic acids is 2. The number of hydrogen-bond acceptors (Lipinski definition) is 4. The summed E-state index contributed by atoms with van der Waals surface area (Å²) in [7, 11) is 1.61. The Kier molecular flexibility index (Phi) is 10.9. The zero-order chi connectivity index (χ0) is 23.3. The Morgan fingerprint density at radius 1 is 1.06 bits per heavy atom. The first-order valence-electron chi connectivity index (χ1n) is 11.1. The highest BCUT2D eigenvalue weighted by Gasteiger charge is 2.28. The van der Waals surface area contributed by atoms with Gasteiger partial charge >= 0.3 is 0 Å². The first-order chi connectivity index (χ1) is 15.5. The quantitative estimate of drug-likeness (QED) is 0.434. The topological polar surface area (TPSA) is 67.9 Å². The molecule has 0 heterocycles. The molecular formula is C25H33ClN2O4. The summed E-state index contributed by atoms with van der Waals surface area (Å²) in [5.74, 6) is 1.25. The van der Waals surface area contributed by atoms with Crippen LogP contribution in [0.5, 0.6) is 11.5 Å². The van der Waals surface area contributed by atoms with Gasteiger partial charge in [-0.05, 0) is 55.2 Å². The number of benzene rings is 2. The number of nitrogens with zero attached hydrogens (tertiary/aromatic N) is 1. The van der Waals surface area contributed by atoms with Gasteiger partial charge in [0, 0.05) is 24.5 Å². The Balaban J connectivity index is 2.03. The Hall–Kier alpha value is -2.73. The van der Waals surface area contributed by atoms with Gasteiger partial charge < -0.3 is 19.7 Å². The van der Waals surface area contributed by atoms with Crippen LogP contribution >= 0.6 is 11.6 Å². The van der Waals surface area contributed by atoms with E-state index >= 15 is 0 Å². The molecular weight excluding hydrogens is 428 g/mol. The zero-order valence-corrected chi connectivity index (χ0v) is 19.9. The van der Waals surface area contributed by atoms with Crippen molar-refractivity contribution in [3.05, 3.63) is 59.1 Å². The lowest BCUT2D eigenvalue weighted by Crippen LogP contribution is -2.49. The van der Waals surface area contributed by atoms with E-state index in [-0.39, 0.29) is 24.8 Å². The van der Waals surface area contributed by atoms with Gasteiger partial charge in [0.2, 0.25) is 11.8 Å². The fraction of sp³-hybridized carbons (Fsp3) is 0.440. The molecule has 0 aliphatic heterocycles. The molecule has 174 valence electrons. The van der Waals surface area contributed by atoms with E-state index in [2.05, 4.69) is 5.32 Å². The average Bonchev–Trinajstić information content (AvgIpc) is 2.81. The summed E-state index contributed by atoms with van der Waals surface area (Å²) in [6.45, 7) is 5.18. The number of methoxy groups -OCH3 is 1. The molecule has 0 radical (unpaired) electrons. The molecule has 0 unspecified atom stereocenters. The lowest BCUT2D eigenvalue weighted by Gasteiger charge is -2.31. The number of rotatable bonds is 13. The van der Waals surface area contributed by atoms with E-state index < -0.39 is 6.04 Å². The van der Waals surface area contributed by atoms with Gasteiger partial charge in [-0.2, -0.15) is 0 Å². The third-order valence-electron chi connectivity index (χ3n) is 5.10. The maximum Gasteiger partial charge on any atom is 0.242 e. The highest BCUT2D eigenvalue weighted by molar-refractivity contribution is 6.31. The summed E-state index contributed by atoms with van der Waals surface area (Å²) >= 11 is 6.33. The highest BCUT2D eigenvalue weighted by Crippen LogP contribution is 2.21. The van der Waals surface area contributed by atoms with E-state index in [1.165, 1.54) is 0 Å². The molecule has 2 rings (SSSR count). The van der Waals surface area contributed by atoms with Crippen LogP contribution in [0, 0.1) is 0 Å². The van der Waals surface area contributed by atoms with Gasteiger partial charge in [-0.15, -0.1) is 0 Å². The Labute approximate surface area is 195 Å². The van der Waals surface area contributed by atoms with Crippen molar-refractivity contribution in [1.29, 1.82) is 0 Å². The fourth-order valence-electron chi connectivity index (χ4n) is 3.32. The number of ether oxygens (including phenoxy) is 2. The van der Waals surface area contributed by atoms with Crippen molar-refractivity contribution in [1.82, 2.24) is 10.2 Å². The van der Waals surface area contributed by atoms with Crippen molar-refractivity contribution >= 4 is 23.4 Å². The molecule has 0 aliphatic carbocycles. The van der Waals surface area contributed by atoms with Gasteiger partial charge in [0.1, 0.15) is 17.5 Å². The van der Waals surface area contributed by atoms with Crippen LogP contribution in [0.3, 0.4) is 0 Å². The molecule has 2 aromatic rings. The summed E-state index contributed by atoms with van der Waals surface area (Å²) in [5.41, 5.74) is 0.818. The second-order valence-corrected chi connectivity index (χ2v) is 7.86. The number of carbonyl (C=O) groups is 2. The molecule has 2 amide bonds. The Bertz CT molecular complexity index is 857. The fourth-order valence-corrected chi connectivity index (χ4v) is 3.52. The van der Waals surface area contributed by atoms with Crippen LogP contribution in [-0.4, -0.2) is 43.0 Å². The lowest BCUT2D eigenvalue weighted by atomic mass is 10.1. The van der Waals surface area contributed by atoms with Crippen molar-refractivity contribution in [3.8, 4) is 11.5 Å². The van der Waals surface area contributed by atoms with Crippen LogP contribution < -0.4 is 14.8 Å².